The highest BCUT2D eigenvalue weighted by atomic mass is 28.4. The van der Waals surface area contributed by atoms with Crippen LogP contribution in [-0.2, 0) is 18.0 Å². The lowest BCUT2D eigenvalue weighted by molar-refractivity contribution is -0.0303. The van der Waals surface area contributed by atoms with E-state index in [1.165, 1.54) is 0 Å². The molecule has 0 heterocycles. The Kier molecular flexibility index (Phi) is 9.80. The summed E-state index contributed by atoms with van der Waals surface area (Å²) in [5, 5.41) is 18.6. The van der Waals surface area contributed by atoms with Crippen LogP contribution in [0.4, 0.5) is 0 Å². The average Bonchev–Trinajstić information content (AvgIpc) is 2.48. The summed E-state index contributed by atoms with van der Waals surface area (Å²) >= 11 is 0. The van der Waals surface area contributed by atoms with Gasteiger partial charge in [0.1, 0.15) is 0 Å². The molecule has 0 rings (SSSR count). The zero-order chi connectivity index (χ0) is 14.8. The van der Waals surface area contributed by atoms with Gasteiger partial charge in [-0.15, -0.1) is 0 Å². The van der Waals surface area contributed by atoms with E-state index in [1.807, 2.05) is 6.92 Å². The van der Waals surface area contributed by atoms with Crippen LogP contribution in [0.5, 0.6) is 0 Å². The highest BCUT2D eigenvalue weighted by Gasteiger charge is 2.37. The Morgan fingerprint density at radius 1 is 1.00 bits per heavy atom. The highest BCUT2D eigenvalue weighted by Crippen LogP contribution is 2.21. The van der Waals surface area contributed by atoms with Crippen LogP contribution in [0.1, 0.15) is 19.8 Å². The van der Waals surface area contributed by atoms with Gasteiger partial charge in [-0.05, 0) is 12.8 Å². The first kappa shape index (κ1) is 19.0. The SMILES string of the molecule is CCC(CO)(CO)COCCC[Si](OC)(OC)OC. The fourth-order valence-corrected chi connectivity index (χ4v) is 3.39. The predicted octanol–water partition coefficient (Wildman–Crippen LogP) is 0.652. The minimum Gasteiger partial charge on any atom is -0.396 e. The van der Waals surface area contributed by atoms with Gasteiger partial charge in [0, 0.05) is 39.4 Å². The second-order valence-corrected chi connectivity index (χ2v) is 7.71. The third-order valence-electron chi connectivity index (χ3n) is 3.53. The van der Waals surface area contributed by atoms with Crippen LogP contribution >= 0.6 is 0 Å². The molecule has 0 bridgehead atoms. The minimum atomic E-state index is -2.52. The van der Waals surface area contributed by atoms with Crippen molar-refractivity contribution in [2.75, 3.05) is 47.8 Å². The zero-order valence-corrected chi connectivity index (χ0v) is 13.5. The molecule has 0 spiro atoms. The summed E-state index contributed by atoms with van der Waals surface area (Å²) in [5.74, 6) is 0. The van der Waals surface area contributed by atoms with E-state index in [2.05, 4.69) is 0 Å². The first-order valence-corrected chi connectivity index (χ1v) is 8.45. The van der Waals surface area contributed by atoms with E-state index in [9.17, 15) is 10.2 Å². The van der Waals surface area contributed by atoms with Gasteiger partial charge >= 0.3 is 8.80 Å². The van der Waals surface area contributed by atoms with E-state index < -0.39 is 14.2 Å². The van der Waals surface area contributed by atoms with E-state index in [4.69, 9.17) is 18.0 Å². The van der Waals surface area contributed by atoms with E-state index in [-0.39, 0.29) is 13.2 Å². The Hall–Kier alpha value is -0.0231. The van der Waals surface area contributed by atoms with Crippen LogP contribution in [0.25, 0.3) is 0 Å². The van der Waals surface area contributed by atoms with Crippen LogP contribution in [0, 0.1) is 5.41 Å². The van der Waals surface area contributed by atoms with E-state index in [0.29, 0.717) is 25.7 Å². The highest BCUT2D eigenvalue weighted by molar-refractivity contribution is 6.60. The maximum absolute atomic E-state index is 9.28. The summed E-state index contributed by atoms with van der Waals surface area (Å²) < 4.78 is 21.5. The number of hydrogen-bond acceptors (Lipinski definition) is 6. The van der Waals surface area contributed by atoms with E-state index in [1.54, 1.807) is 21.3 Å². The Labute approximate surface area is 117 Å². The number of aliphatic hydroxyl groups excluding tert-OH is 2. The number of hydrogen-bond donors (Lipinski definition) is 2. The minimum absolute atomic E-state index is 0.0765. The Bertz CT molecular complexity index is 180. The van der Waals surface area contributed by atoms with Crippen molar-refractivity contribution in [3.63, 3.8) is 0 Å². The fraction of sp³-hybridized carbons (Fsp3) is 1.00. The Balaban J connectivity index is 3.98. The summed E-state index contributed by atoms with van der Waals surface area (Å²) in [4.78, 5) is 0. The summed E-state index contributed by atoms with van der Waals surface area (Å²) in [6, 6.07) is 0.674. The van der Waals surface area contributed by atoms with Crippen LogP contribution in [0.3, 0.4) is 0 Å². The quantitative estimate of drug-likeness (QED) is 0.407. The molecule has 6 nitrogen and oxygen atoms in total. The van der Waals surface area contributed by atoms with Crippen molar-refractivity contribution < 1.29 is 28.2 Å². The summed E-state index contributed by atoms with van der Waals surface area (Å²) in [6.07, 6.45) is 1.42. The second-order valence-electron chi connectivity index (χ2n) is 4.62. The van der Waals surface area contributed by atoms with Crippen molar-refractivity contribution >= 4 is 8.80 Å². The zero-order valence-electron chi connectivity index (χ0n) is 12.5. The molecule has 0 aliphatic heterocycles. The molecule has 0 amide bonds. The smallest absolute Gasteiger partial charge is 0.396 e. The lowest BCUT2D eigenvalue weighted by Crippen LogP contribution is -2.42. The first-order valence-electron chi connectivity index (χ1n) is 6.52. The second kappa shape index (κ2) is 9.81. The molecular weight excluding hydrogens is 268 g/mol. The predicted molar refractivity (Wildman–Crippen MR) is 73.9 cm³/mol. The van der Waals surface area contributed by atoms with Gasteiger partial charge in [0.25, 0.3) is 0 Å². The molecule has 0 radical (unpaired) electrons. The Morgan fingerprint density at radius 3 is 1.89 bits per heavy atom. The first-order chi connectivity index (χ1) is 9.07. The van der Waals surface area contributed by atoms with Crippen molar-refractivity contribution in [2.45, 2.75) is 25.8 Å². The summed E-state index contributed by atoms with van der Waals surface area (Å²) in [6.45, 7) is 2.64. The molecule has 7 heteroatoms. The van der Waals surface area contributed by atoms with Crippen molar-refractivity contribution in [1.29, 1.82) is 0 Å². The third kappa shape index (κ3) is 5.86. The molecule has 0 saturated heterocycles. The summed E-state index contributed by atoms with van der Waals surface area (Å²) in [5.41, 5.74) is -0.543. The molecule has 0 saturated carbocycles. The van der Waals surface area contributed by atoms with Crippen molar-refractivity contribution in [3.05, 3.63) is 0 Å². The molecular formula is C12H28O6Si. The largest absolute Gasteiger partial charge is 0.500 e. The topological polar surface area (TPSA) is 77.4 Å². The monoisotopic (exact) mass is 296 g/mol. The van der Waals surface area contributed by atoms with Gasteiger partial charge in [-0.3, -0.25) is 0 Å². The van der Waals surface area contributed by atoms with Crippen molar-refractivity contribution in [2.24, 2.45) is 5.41 Å². The van der Waals surface area contributed by atoms with Gasteiger partial charge in [0.15, 0.2) is 0 Å². The molecule has 0 aromatic heterocycles. The molecule has 0 aliphatic rings. The van der Waals surface area contributed by atoms with Crippen molar-refractivity contribution in [1.82, 2.24) is 0 Å². The van der Waals surface area contributed by atoms with Gasteiger partial charge in [-0.25, -0.2) is 0 Å². The van der Waals surface area contributed by atoms with Gasteiger partial charge in [0.2, 0.25) is 0 Å². The van der Waals surface area contributed by atoms with Gasteiger partial charge in [-0.2, -0.15) is 0 Å². The van der Waals surface area contributed by atoms with Crippen LogP contribution in [0.15, 0.2) is 0 Å². The number of rotatable bonds is 12. The molecule has 2 N–H and O–H groups in total. The third-order valence-corrected chi connectivity index (χ3v) is 6.37. The van der Waals surface area contributed by atoms with Crippen LogP contribution in [0.2, 0.25) is 6.04 Å². The standard InChI is InChI=1S/C12H28O6Si/c1-5-12(9-13,10-14)11-18-7-6-8-19(15-2,16-3)17-4/h13-14H,5-11H2,1-4H3. The van der Waals surface area contributed by atoms with E-state index >= 15 is 0 Å². The number of aliphatic hydroxyl groups is 2. The van der Waals surface area contributed by atoms with Gasteiger partial charge in [-0.1, -0.05) is 6.92 Å². The number of ether oxygens (including phenoxy) is 1. The maximum atomic E-state index is 9.28. The fourth-order valence-electron chi connectivity index (χ4n) is 1.70. The molecule has 116 valence electrons. The normalized spacial score (nSPS) is 12.9. The van der Waals surface area contributed by atoms with Gasteiger partial charge in [0.05, 0.1) is 19.8 Å². The Morgan fingerprint density at radius 2 is 1.53 bits per heavy atom. The lowest BCUT2D eigenvalue weighted by atomic mass is 9.88. The van der Waals surface area contributed by atoms with Gasteiger partial charge < -0.3 is 28.2 Å². The average molecular weight is 296 g/mol. The van der Waals surface area contributed by atoms with Crippen LogP contribution in [-0.4, -0.2) is 66.8 Å². The molecule has 0 aliphatic carbocycles. The van der Waals surface area contributed by atoms with Crippen molar-refractivity contribution in [3.8, 4) is 0 Å². The van der Waals surface area contributed by atoms with Crippen LogP contribution < -0.4 is 0 Å². The molecule has 0 aromatic carbocycles. The van der Waals surface area contributed by atoms with E-state index in [0.717, 1.165) is 6.42 Å². The maximum Gasteiger partial charge on any atom is 0.500 e. The molecule has 0 unspecified atom stereocenters. The molecule has 0 aromatic rings. The molecule has 0 fully saturated rings. The summed E-state index contributed by atoms with van der Waals surface area (Å²) in [7, 11) is 2.23. The lowest BCUT2D eigenvalue weighted by Gasteiger charge is -2.28. The molecule has 19 heavy (non-hydrogen) atoms. The molecule has 0 atom stereocenters.